The second-order valence-corrected chi connectivity index (χ2v) is 9.54. The fourth-order valence-corrected chi connectivity index (χ4v) is 5.46. The Morgan fingerprint density at radius 1 is 1.03 bits per heavy atom. The van der Waals surface area contributed by atoms with Crippen LogP contribution in [0.2, 0.25) is 5.02 Å². The Balaban J connectivity index is 1.71. The van der Waals surface area contributed by atoms with Gasteiger partial charge in [0, 0.05) is 22.7 Å². The molecule has 2 aliphatic rings. The third-order valence-corrected chi connectivity index (χ3v) is 7.17. The Morgan fingerprint density at radius 2 is 1.74 bits per heavy atom. The number of Topliss-reactive ketones (excluding diaryl/α,β-unsaturated/α-hetero) is 1. The number of para-hydroxylation sites is 2. The van der Waals surface area contributed by atoms with Crippen molar-refractivity contribution in [3.8, 4) is 0 Å². The van der Waals surface area contributed by atoms with E-state index < -0.39 is 6.04 Å². The number of aliphatic hydroxyl groups excluding tert-OH is 1. The summed E-state index contributed by atoms with van der Waals surface area (Å²) < 4.78 is 0. The van der Waals surface area contributed by atoms with Crippen LogP contribution in [0.5, 0.6) is 0 Å². The summed E-state index contributed by atoms with van der Waals surface area (Å²) in [4.78, 5) is 29.0. The molecule has 2 unspecified atom stereocenters. The van der Waals surface area contributed by atoms with Gasteiger partial charge < -0.3 is 10.4 Å². The summed E-state index contributed by atoms with van der Waals surface area (Å²) in [6.45, 7) is 1.74. The molecule has 0 radical (unpaired) electrons. The molecule has 2 atom stereocenters. The van der Waals surface area contributed by atoms with Crippen molar-refractivity contribution < 1.29 is 14.7 Å². The first kappa shape index (κ1) is 23.3. The summed E-state index contributed by atoms with van der Waals surface area (Å²) in [6, 6.07) is 22.6. The standard InChI is InChI=1S/C29H27ClN2O3/c1-18-10-12-19(13-11-18)29-28-24(16-20(17-26(28)34)21-6-2-3-7-22(21)30)31-23-8-4-5-9-25(23)32(29)27(35)14-15-33/h2-13,20,29,31,33H,14-17H2,1H3. The van der Waals surface area contributed by atoms with Crippen molar-refractivity contribution in [2.24, 2.45) is 0 Å². The van der Waals surface area contributed by atoms with E-state index in [1.54, 1.807) is 4.90 Å². The summed E-state index contributed by atoms with van der Waals surface area (Å²) >= 11 is 6.51. The Morgan fingerprint density at radius 3 is 2.49 bits per heavy atom. The van der Waals surface area contributed by atoms with E-state index in [2.05, 4.69) is 5.32 Å². The number of carbonyl (C=O) groups is 2. The molecule has 5 nitrogen and oxygen atoms in total. The van der Waals surface area contributed by atoms with Gasteiger partial charge in [0.2, 0.25) is 5.91 Å². The van der Waals surface area contributed by atoms with Crippen LogP contribution >= 0.6 is 11.6 Å². The van der Waals surface area contributed by atoms with E-state index in [4.69, 9.17) is 11.6 Å². The molecule has 3 aromatic carbocycles. The van der Waals surface area contributed by atoms with Gasteiger partial charge in [-0.25, -0.2) is 0 Å². The minimum absolute atomic E-state index is 0.0103. The number of rotatable bonds is 4. The summed E-state index contributed by atoms with van der Waals surface area (Å²) in [6.07, 6.45) is 0.879. The molecule has 0 fully saturated rings. The van der Waals surface area contributed by atoms with Gasteiger partial charge in [-0.3, -0.25) is 14.5 Å². The van der Waals surface area contributed by atoms with E-state index in [0.29, 0.717) is 29.1 Å². The van der Waals surface area contributed by atoms with Crippen molar-refractivity contribution in [3.63, 3.8) is 0 Å². The van der Waals surface area contributed by atoms with Crippen LogP contribution in [0.15, 0.2) is 84.1 Å². The summed E-state index contributed by atoms with van der Waals surface area (Å²) in [5, 5.41) is 13.8. The van der Waals surface area contributed by atoms with Crippen LogP contribution < -0.4 is 10.2 Å². The quantitative estimate of drug-likeness (QED) is 0.479. The fraction of sp³-hybridized carbons (Fsp3) is 0.241. The van der Waals surface area contributed by atoms with Gasteiger partial charge in [-0.2, -0.15) is 0 Å². The van der Waals surface area contributed by atoms with Crippen LogP contribution in [0.3, 0.4) is 0 Å². The van der Waals surface area contributed by atoms with Crippen molar-refractivity contribution in [2.45, 2.75) is 38.1 Å². The SMILES string of the molecule is Cc1ccc(C2C3=C(CC(c4ccccc4Cl)CC3=O)Nc3ccccc3N2C(=O)CCO)cc1. The number of nitrogens with zero attached hydrogens (tertiary/aromatic N) is 1. The fourth-order valence-electron chi connectivity index (χ4n) is 5.17. The lowest BCUT2D eigenvalue weighted by Crippen LogP contribution is -2.38. The maximum atomic E-state index is 13.9. The van der Waals surface area contributed by atoms with Crippen molar-refractivity contribution in [2.75, 3.05) is 16.8 Å². The van der Waals surface area contributed by atoms with Gasteiger partial charge >= 0.3 is 0 Å². The predicted molar refractivity (Wildman–Crippen MR) is 139 cm³/mol. The molecule has 0 saturated carbocycles. The van der Waals surface area contributed by atoms with Crippen LogP contribution in [-0.4, -0.2) is 23.4 Å². The first-order valence-electron chi connectivity index (χ1n) is 11.8. The molecule has 1 aliphatic heterocycles. The number of nitrogens with one attached hydrogen (secondary N) is 1. The average Bonchev–Trinajstić information content (AvgIpc) is 2.99. The molecule has 0 bridgehead atoms. The molecule has 1 amide bonds. The van der Waals surface area contributed by atoms with E-state index in [-0.39, 0.29) is 30.6 Å². The minimum atomic E-state index is -0.597. The lowest BCUT2D eigenvalue weighted by atomic mass is 9.78. The number of halogens is 1. The van der Waals surface area contributed by atoms with E-state index >= 15 is 0 Å². The highest BCUT2D eigenvalue weighted by molar-refractivity contribution is 6.31. The van der Waals surface area contributed by atoms with Gasteiger partial charge in [0.25, 0.3) is 0 Å². The number of hydrogen-bond acceptors (Lipinski definition) is 4. The number of hydrogen-bond donors (Lipinski definition) is 2. The molecular formula is C29H27ClN2O3. The highest BCUT2D eigenvalue weighted by Crippen LogP contribution is 2.48. The summed E-state index contributed by atoms with van der Waals surface area (Å²) in [7, 11) is 0. The van der Waals surface area contributed by atoms with E-state index in [1.807, 2.05) is 79.7 Å². The molecule has 0 saturated heterocycles. The van der Waals surface area contributed by atoms with Crippen LogP contribution in [-0.2, 0) is 9.59 Å². The molecule has 178 valence electrons. The maximum Gasteiger partial charge on any atom is 0.230 e. The number of ketones is 1. The third kappa shape index (κ3) is 4.38. The molecular weight excluding hydrogens is 460 g/mol. The number of amides is 1. The Bertz CT molecular complexity index is 1320. The lowest BCUT2D eigenvalue weighted by Gasteiger charge is -2.35. The van der Waals surface area contributed by atoms with Gasteiger partial charge in [-0.15, -0.1) is 0 Å². The highest BCUT2D eigenvalue weighted by Gasteiger charge is 2.41. The number of anilines is 2. The molecule has 0 aromatic heterocycles. The highest BCUT2D eigenvalue weighted by atomic mass is 35.5. The molecule has 3 aromatic rings. The van der Waals surface area contributed by atoms with E-state index in [0.717, 1.165) is 28.1 Å². The van der Waals surface area contributed by atoms with Crippen molar-refractivity contribution in [1.29, 1.82) is 0 Å². The Labute approximate surface area is 210 Å². The minimum Gasteiger partial charge on any atom is -0.396 e. The molecule has 6 heteroatoms. The molecule has 1 heterocycles. The van der Waals surface area contributed by atoms with Gasteiger partial charge in [-0.05, 0) is 48.6 Å². The van der Waals surface area contributed by atoms with E-state index in [9.17, 15) is 14.7 Å². The third-order valence-electron chi connectivity index (χ3n) is 6.82. The van der Waals surface area contributed by atoms with Crippen LogP contribution in [0.25, 0.3) is 0 Å². The number of aliphatic hydroxyl groups is 1. The second kappa shape index (κ2) is 9.68. The van der Waals surface area contributed by atoms with Crippen molar-refractivity contribution in [1.82, 2.24) is 0 Å². The zero-order valence-electron chi connectivity index (χ0n) is 19.5. The number of fused-ring (bicyclic) bond motifs is 1. The lowest BCUT2D eigenvalue weighted by molar-refractivity contribution is -0.119. The number of allylic oxidation sites excluding steroid dienone is 1. The topological polar surface area (TPSA) is 69.6 Å². The van der Waals surface area contributed by atoms with Crippen molar-refractivity contribution >= 4 is 34.7 Å². The van der Waals surface area contributed by atoms with Crippen LogP contribution in [0.1, 0.15) is 47.9 Å². The number of benzene rings is 3. The smallest absolute Gasteiger partial charge is 0.230 e. The zero-order chi connectivity index (χ0) is 24.5. The van der Waals surface area contributed by atoms with Gasteiger partial charge in [0.1, 0.15) is 0 Å². The first-order chi connectivity index (χ1) is 17.0. The molecule has 2 N–H and O–H groups in total. The summed E-state index contributed by atoms with van der Waals surface area (Å²) in [5.74, 6) is -0.307. The monoisotopic (exact) mass is 486 g/mol. The normalized spacial score (nSPS) is 19.5. The molecule has 35 heavy (non-hydrogen) atoms. The average molecular weight is 487 g/mol. The summed E-state index contributed by atoms with van der Waals surface area (Å²) in [5.41, 5.74) is 5.76. The van der Waals surface area contributed by atoms with Gasteiger partial charge in [0.15, 0.2) is 5.78 Å². The molecule has 5 rings (SSSR count). The predicted octanol–water partition coefficient (Wildman–Crippen LogP) is 5.93. The van der Waals surface area contributed by atoms with E-state index in [1.165, 1.54) is 0 Å². The Hall–Kier alpha value is -3.41. The Kier molecular flexibility index (Phi) is 6.46. The van der Waals surface area contributed by atoms with Crippen molar-refractivity contribution in [3.05, 3.63) is 106 Å². The molecule has 1 aliphatic carbocycles. The largest absolute Gasteiger partial charge is 0.396 e. The number of aryl methyl sites for hydroxylation is 1. The first-order valence-corrected chi connectivity index (χ1v) is 12.2. The second-order valence-electron chi connectivity index (χ2n) is 9.13. The zero-order valence-corrected chi connectivity index (χ0v) is 20.3. The van der Waals surface area contributed by atoms with Crippen LogP contribution in [0, 0.1) is 6.92 Å². The maximum absolute atomic E-state index is 13.9. The van der Waals surface area contributed by atoms with Gasteiger partial charge in [-0.1, -0.05) is 71.8 Å². The van der Waals surface area contributed by atoms with Crippen LogP contribution in [0.4, 0.5) is 11.4 Å². The van der Waals surface area contributed by atoms with Gasteiger partial charge in [0.05, 0.1) is 30.4 Å². The molecule has 0 spiro atoms. The number of carbonyl (C=O) groups excluding carboxylic acids is 2.